The van der Waals surface area contributed by atoms with Crippen LogP contribution in [-0.4, -0.2) is 34.1 Å². The molecule has 0 saturated heterocycles. The number of aromatic nitrogens is 3. The Morgan fingerprint density at radius 3 is 2.26 bits per heavy atom. The second-order valence-corrected chi connectivity index (χ2v) is 5.40. The largest absolute Gasteiger partial charge is 0.497 e. The number of nitrogens with one attached hydrogen (secondary N) is 2. The number of hydrogen-bond donors (Lipinski definition) is 2. The van der Waals surface area contributed by atoms with Crippen LogP contribution in [0.5, 0.6) is 11.5 Å². The highest BCUT2D eigenvalue weighted by Crippen LogP contribution is 2.16. The van der Waals surface area contributed by atoms with E-state index in [-0.39, 0.29) is 5.69 Å². The van der Waals surface area contributed by atoms with Crippen molar-refractivity contribution < 1.29 is 19.1 Å². The Morgan fingerprint density at radius 2 is 1.59 bits per heavy atom. The standard InChI is InChI=1S/C18H17N5O4/c1-12-16(22-23(21-12)13-6-4-3-5-7-13)17(24)19-20-18(25)27-15-10-8-14(26-2)9-11-15/h3-11H,1-2H3,(H,19,24)(H,20,25). The lowest BCUT2D eigenvalue weighted by atomic mass is 10.3. The first kappa shape index (κ1) is 17.9. The number of carbonyl (C=O) groups excluding carboxylic acids is 2. The Morgan fingerprint density at radius 1 is 0.926 bits per heavy atom. The van der Waals surface area contributed by atoms with Crippen LogP contribution in [-0.2, 0) is 0 Å². The number of amides is 2. The van der Waals surface area contributed by atoms with E-state index in [0.717, 1.165) is 0 Å². The van der Waals surface area contributed by atoms with Gasteiger partial charge >= 0.3 is 6.09 Å². The van der Waals surface area contributed by atoms with Crippen LogP contribution < -0.4 is 20.3 Å². The van der Waals surface area contributed by atoms with Gasteiger partial charge in [0.05, 0.1) is 18.5 Å². The topological polar surface area (TPSA) is 107 Å². The zero-order chi connectivity index (χ0) is 19.2. The van der Waals surface area contributed by atoms with Crippen molar-refractivity contribution in [1.29, 1.82) is 0 Å². The number of hydrazine groups is 1. The van der Waals surface area contributed by atoms with Crippen molar-refractivity contribution in [3.8, 4) is 17.2 Å². The summed E-state index contributed by atoms with van der Waals surface area (Å²) in [6, 6.07) is 15.6. The van der Waals surface area contributed by atoms with E-state index < -0.39 is 12.0 Å². The number of ether oxygens (including phenoxy) is 2. The summed E-state index contributed by atoms with van der Waals surface area (Å²) in [4.78, 5) is 25.4. The predicted molar refractivity (Wildman–Crippen MR) is 95.7 cm³/mol. The maximum atomic E-state index is 12.2. The second kappa shape index (κ2) is 8.00. The van der Waals surface area contributed by atoms with E-state index in [0.29, 0.717) is 22.9 Å². The molecule has 2 aromatic carbocycles. The van der Waals surface area contributed by atoms with Crippen molar-refractivity contribution in [3.05, 3.63) is 66.0 Å². The molecule has 1 heterocycles. The molecule has 0 fully saturated rings. The predicted octanol–water partition coefficient (Wildman–Crippen LogP) is 2.02. The molecular weight excluding hydrogens is 350 g/mol. The van der Waals surface area contributed by atoms with Gasteiger partial charge in [0, 0.05) is 0 Å². The molecule has 0 aliphatic rings. The lowest BCUT2D eigenvalue weighted by Gasteiger charge is -2.07. The van der Waals surface area contributed by atoms with Gasteiger partial charge in [0.15, 0.2) is 5.69 Å². The van der Waals surface area contributed by atoms with E-state index in [2.05, 4.69) is 21.0 Å². The van der Waals surface area contributed by atoms with Gasteiger partial charge in [0.1, 0.15) is 11.5 Å². The average Bonchev–Trinajstić information content (AvgIpc) is 3.09. The average molecular weight is 367 g/mol. The highest BCUT2D eigenvalue weighted by Gasteiger charge is 2.17. The molecule has 2 N–H and O–H groups in total. The summed E-state index contributed by atoms with van der Waals surface area (Å²) in [6.07, 6.45) is -0.846. The van der Waals surface area contributed by atoms with E-state index in [1.807, 2.05) is 30.3 Å². The third-order valence-electron chi connectivity index (χ3n) is 3.53. The van der Waals surface area contributed by atoms with Crippen LogP contribution in [0.4, 0.5) is 4.79 Å². The molecule has 138 valence electrons. The fourth-order valence-electron chi connectivity index (χ4n) is 2.21. The minimum absolute atomic E-state index is 0.0867. The maximum absolute atomic E-state index is 12.2. The van der Waals surface area contributed by atoms with Crippen molar-refractivity contribution in [1.82, 2.24) is 25.8 Å². The number of aryl methyl sites for hydroxylation is 1. The molecule has 27 heavy (non-hydrogen) atoms. The number of methoxy groups -OCH3 is 1. The monoisotopic (exact) mass is 367 g/mol. The Bertz CT molecular complexity index is 938. The number of nitrogens with zero attached hydrogens (tertiary/aromatic N) is 3. The summed E-state index contributed by atoms with van der Waals surface area (Å²) in [6.45, 7) is 1.65. The number of hydrogen-bond acceptors (Lipinski definition) is 6. The molecule has 0 spiro atoms. The van der Waals surface area contributed by atoms with Crippen LogP contribution in [0.1, 0.15) is 16.2 Å². The highest BCUT2D eigenvalue weighted by atomic mass is 16.6. The minimum atomic E-state index is -0.846. The zero-order valence-electron chi connectivity index (χ0n) is 14.7. The van der Waals surface area contributed by atoms with Gasteiger partial charge in [-0.05, 0) is 43.3 Å². The van der Waals surface area contributed by atoms with Crippen molar-refractivity contribution in [2.24, 2.45) is 0 Å². The zero-order valence-corrected chi connectivity index (χ0v) is 14.7. The number of para-hydroxylation sites is 1. The number of benzene rings is 2. The maximum Gasteiger partial charge on any atom is 0.431 e. The number of rotatable bonds is 4. The van der Waals surface area contributed by atoms with Crippen LogP contribution in [0.2, 0.25) is 0 Å². The van der Waals surface area contributed by atoms with E-state index >= 15 is 0 Å². The quantitative estimate of drug-likeness (QED) is 0.683. The minimum Gasteiger partial charge on any atom is -0.497 e. The smallest absolute Gasteiger partial charge is 0.431 e. The third-order valence-corrected chi connectivity index (χ3v) is 3.53. The van der Waals surface area contributed by atoms with Crippen LogP contribution in [0, 0.1) is 6.92 Å². The first-order valence-corrected chi connectivity index (χ1v) is 7.98. The van der Waals surface area contributed by atoms with Gasteiger partial charge < -0.3 is 9.47 Å². The molecule has 3 aromatic rings. The summed E-state index contributed by atoms with van der Waals surface area (Å²) >= 11 is 0. The van der Waals surface area contributed by atoms with Gasteiger partial charge in [-0.2, -0.15) is 9.90 Å². The molecule has 0 unspecified atom stereocenters. The highest BCUT2D eigenvalue weighted by molar-refractivity contribution is 5.94. The number of carbonyl (C=O) groups is 2. The van der Waals surface area contributed by atoms with E-state index in [4.69, 9.17) is 9.47 Å². The summed E-state index contributed by atoms with van der Waals surface area (Å²) < 4.78 is 10.1. The molecule has 0 saturated carbocycles. The van der Waals surface area contributed by atoms with E-state index in [1.165, 1.54) is 11.9 Å². The molecule has 0 bridgehead atoms. The van der Waals surface area contributed by atoms with Crippen molar-refractivity contribution >= 4 is 12.0 Å². The van der Waals surface area contributed by atoms with E-state index in [9.17, 15) is 9.59 Å². The summed E-state index contributed by atoms with van der Waals surface area (Å²) in [5, 5.41) is 8.35. The van der Waals surface area contributed by atoms with Crippen molar-refractivity contribution in [3.63, 3.8) is 0 Å². The molecule has 0 atom stereocenters. The normalized spacial score (nSPS) is 10.1. The van der Waals surface area contributed by atoms with Crippen LogP contribution in [0.25, 0.3) is 5.69 Å². The molecule has 9 nitrogen and oxygen atoms in total. The van der Waals surface area contributed by atoms with E-state index in [1.54, 1.807) is 31.2 Å². The van der Waals surface area contributed by atoms with Gasteiger partial charge in [-0.25, -0.2) is 10.2 Å². The van der Waals surface area contributed by atoms with Crippen molar-refractivity contribution in [2.75, 3.05) is 7.11 Å². The fraction of sp³-hybridized carbons (Fsp3) is 0.111. The Balaban J connectivity index is 1.59. The molecule has 0 radical (unpaired) electrons. The van der Waals surface area contributed by atoms with Crippen LogP contribution in [0.15, 0.2) is 54.6 Å². The van der Waals surface area contributed by atoms with Crippen LogP contribution in [0.3, 0.4) is 0 Å². The molecular formula is C18H17N5O4. The first-order chi connectivity index (χ1) is 13.1. The molecule has 9 heteroatoms. The summed E-state index contributed by atoms with van der Waals surface area (Å²) in [7, 11) is 1.54. The van der Waals surface area contributed by atoms with Gasteiger partial charge in [0.25, 0.3) is 5.91 Å². The van der Waals surface area contributed by atoms with Crippen molar-refractivity contribution in [2.45, 2.75) is 6.92 Å². The first-order valence-electron chi connectivity index (χ1n) is 7.98. The lowest BCUT2D eigenvalue weighted by Crippen LogP contribution is -2.43. The van der Waals surface area contributed by atoms with Gasteiger partial charge in [-0.1, -0.05) is 18.2 Å². The van der Waals surface area contributed by atoms with Gasteiger partial charge in [-0.15, -0.1) is 5.10 Å². The fourth-order valence-corrected chi connectivity index (χ4v) is 2.21. The Kier molecular flexibility index (Phi) is 5.31. The lowest BCUT2D eigenvalue weighted by molar-refractivity contribution is 0.0922. The third kappa shape index (κ3) is 4.40. The molecule has 0 aliphatic heterocycles. The summed E-state index contributed by atoms with van der Waals surface area (Å²) in [5.74, 6) is 0.322. The molecule has 3 rings (SSSR count). The summed E-state index contributed by atoms with van der Waals surface area (Å²) in [5.41, 5.74) is 5.63. The second-order valence-electron chi connectivity index (χ2n) is 5.40. The van der Waals surface area contributed by atoms with Gasteiger partial charge in [0.2, 0.25) is 0 Å². The molecule has 0 aliphatic carbocycles. The van der Waals surface area contributed by atoms with Crippen LogP contribution >= 0.6 is 0 Å². The Labute approximate surface area is 154 Å². The van der Waals surface area contributed by atoms with Gasteiger partial charge in [-0.3, -0.25) is 10.2 Å². The molecule has 2 amide bonds. The Hall–Kier alpha value is -3.88. The SMILES string of the molecule is COc1ccc(OC(=O)NNC(=O)c2nn(-c3ccccc3)nc2C)cc1. The molecule has 1 aromatic heterocycles.